The number of H-pyrrole nitrogens is 1. The number of nitrogens with zero attached hydrogens (tertiary/aromatic N) is 1. The lowest BCUT2D eigenvalue weighted by Gasteiger charge is -2.12. The Morgan fingerprint density at radius 1 is 1.43 bits per heavy atom. The molecule has 6 heteroatoms. The van der Waals surface area contributed by atoms with E-state index in [1.807, 2.05) is 6.92 Å². The maximum absolute atomic E-state index is 11.9. The lowest BCUT2D eigenvalue weighted by Crippen LogP contribution is -2.28. The van der Waals surface area contributed by atoms with Gasteiger partial charge in [-0.2, -0.15) is 5.10 Å². The number of aliphatic hydroxyl groups is 1. The van der Waals surface area contributed by atoms with Gasteiger partial charge in [0, 0.05) is 12.2 Å². The molecule has 1 heterocycles. The SMILES string of the molecule is CCc1cc(C(=O)NC[C@H](O)c2ccc(OC)cc2)n[nH]1. The number of hydrogen-bond acceptors (Lipinski definition) is 4. The van der Waals surface area contributed by atoms with Crippen molar-refractivity contribution in [1.29, 1.82) is 0 Å². The fourth-order valence-electron chi connectivity index (χ4n) is 1.88. The van der Waals surface area contributed by atoms with E-state index >= 15 is 0 Å². The van der Waals surface area contributed by atoms with Gasteiger partial charge in [-0.05, 0) is 30.2 Å². The summed E-state index contributed by atoms with van der Waals surface area (Å²) < 4.78 is 5.05. The van der Waals surface area contributed by atoms with Crippen LogP contribution in [0.3, 0.4) is 0 Å². The molecule has 1 atom stereocenters. The summed E-state index contributed by atoms with van der Waals surface area (Å²) in [4.78, 5) is 11.9. The third-order valence-corrected chi connectivity index (χ3v) is 3.20. The molecule has 1 amide bonds. The van der Waals surface area contributed by atoms with E-state index in [1.54, 1.807) is 37.4 Å². The summed E-state index contributed by atoms with van der Waals surface area (Å²) in [5.74, 6) is 0.414. The third kappa shape index (κ3) is 3.82. The topological polar surface area (TPSA) is 87.2 Å². The van der Waals surface area contributed by atoms with Crippen LogP contribution in [-0.4, -0.2) is 34.9 Å². The highest BCUT2D eigenvalue weighted by atomic mass is 16.5. The Labute approximate surface area is 123 Å². The molecule has 0 radical (unpaired) electrons. The Bertz CT molecular complexity index is 592. The number of carbonyl (C=O) groups is 1. The van der Waals surface area contributed by atoms with E-state index in [0.29, 0.717) is 11.3 Å². The molecule has 0 saturated heterocycles. The number of hydrogen-bond donors (Lipinski definition) is 3. The minimum Gasteiger partial charge on any atom is -0.497 e. The summed E-state index contributed by atoms with van der Waals surface area (Å²) in [6, 6.07) is 8.76. The maximum Gasteiger partial charge on any atom is 0.271 e. The van der Waals surface area contributed by atoms with E-state index in [1.165, 1.54) is 0 Å². The zero-order valence-electron chi connectivity index (χ0n) is 12.1. The Morgan fingerprint density at radius 3 is 2.71 bits per heavy atom. The summed E-state index contributed by atoms with van der Waals surface area (Å²) >= 11 is 0. The standard InChI is InChI=1S/C15H19N3O3/c1-3-11-8-13(18-17-11)15(20)16-9-14(19)10-4-6-12(21-2)7-5-10/h4-8,14,19H,3,9H2,1-2H3,(H,16,20)(H,17,18)/t14-/m0/s1. The predicted octanol–water partition coefficient (Wildman–Crippen LogP) is 1.44. The molecule has 1 aromatic heterocycles. The zero-order valence-corrected chi connectivity index (χ0v) is 12.1. The highest BCUT2D eigenvalue weighted by Gasteiger charge is 2.13. The maximum atomic E-state index is 11.9. The van der Waals surface area contributed by atoms with Crippen molar-refractivity contribution in [3.8, 4) is 5.75 Å². The van der Waals surface area contributed by atoms with Gasteiger partial charge in [-0.25, -0.2) is 0 Å². The quantitative estimate of drug-likeness (QED) is 0.751. The molecule has 6 nitrogen and oxygen atoms in total. The van der Waals surface area contributed by atoms with Crippen LogP contribution < -0.4 is 10.1 Å². The van der Waals surface area contributed by atoms with Crippen molar-refractivity contribution in [3.63, 3.8) is 0 Å². The fraction of sp³-hybridized carbons (Fsp3) is 0.333. The summed E-state index contributed by atoms with van der Waals surface area (Å²) in [5, 5.41) is 19.4. The molecule has 2 rings (SSSR count). The molecular weight excluding hydrogens is 270 g/mol. The normalized spacial score (nSPS) is 12.0. The lowest BCUT2D eigenvalue weighted by atomic mass is 10.1. The molecule has 0 aliphatic carbocycles. The number of amides is 1. The van der Waals surface area contributed by atoms with E-state index in [9.17, 15) is 9.90 Å². The molecule has 0 aliphatic rings. The minimum absolute atomic E-state index is 0.124. The van der Waals surface area contributed by atoms with Crippen LogP contribution in [0.2, 0.25) is 0 Å². The van der Waals surface area contributed by atoms with E-state index in [4.69, 9.17) is 4.74 Å². The molecule has 0 unspecified atom stereocenters. The van der Waals surface area contributed by atoms with E-state index in [0.717, 1.165) is 17.9 Å². The Kier molecular flexibility index (Phi) is 4.94. The Morgan fingerprint density at radius 2 is 2.14 bits per heavy atom. The van der Waals surface area contributed by atoms with Gasteiger partial charge in [-0.1, -0.05) is 19.1 Å². The smallest absolute Gasteiger partial charge is 0.271 e. The molecule has 1 aromatic carbocycles. The van der Waals surface area contributed by atoms with Crippen LogP contribution >= 0.6 is 0 Å². The number of aliphatic hydroxyl groups excluding tert-OH is 1. The van der Waals surface area contributed by atoms with Gasteiger partial charge in [-0.3, -0.25) is 9.89 Å². The number of rotatable bonds is 6. The molecule has 0 spiro atoms. The molecule has 0 bridgehead atoms. The molecule has 0 saturated carbocycles. The number of aromatic amines is 1. The number of ether oxygens (including phenoxy) is 1. The van der Waals surface area contributed by atoms with Gasteiger partial charge < -0.3 is 15.2 Å². The van der Waals surface area contributed by atoms with Crippen molar-refractivity contribution < 1.29 is 14.6 Å². The van der Waals surface area contributed by atoms with Crippen molar-refractivity contribution in [1.82, 2.24) is 15.5 Å². The number of methoxy groups -OCH3 is 1. The van der Waals surface area contributed by atoms with E-state index < -0.39 is 6.10 Å². The lowest BCUT2D eigenvalue weighted by molar-refractivity contribution is 0.0911. The van der Waals surface area contributed by atoms with Gasteiger partial charge in [0.15, 0.2) is 0 Å². The van der Waals surface area contributed by atoms with Crippen molar-refractivity contribution in [3.05, 3.63) is 47.3 Å². The minimum atomic E-state index is -0.774. The van der Waals surface area contributed by atoms with Gasteiger partial charge in [0.1, 0.15) is 11.4 Å². The Hall–Kier alpha value is -2.34. The van der Waals surface area contributed by atoms with Crippen LogP contribution in [0.1, 0.15) is 34.8 Å². The van der Waals surface area contributed by atoms with Crippen LogP contribution in [0, 0.1) is 0 Å². The first-order chi connectivity index (χ1) is 10.1. The highest BCUT2D eigenvalue weighted by Crippen LogP contribution is 2.17. The number of aryl methyl sites for hydroxylation is 1. The van der Waals surface area contributed by atoms with Gasteiger partial charge >= 0.3 is 0 Å². The van der Waals surface area contributed by atoms with Crippen LogP contribution in [0.5, 0.6) is 5.75 Å². The van der Waals surface area contributed by atoms with Gasteiger partial charge in [0.25, 0.3) is 5.91 Å². The van der Waals surface area contributed by atoms with Gasteiger partial charge in [-0.15, -0.1) is 0 Å². The Balaban J connectivity index is 1.90. The first kappa shape index (κ1) is 15.1. The van der Waals surface area contributed by atoms with Crippen molar-refractivity contribution >= 4 is 5.91 Å². The predicted molar refractivity (Wildman–Crippen MR) is 78.3 cm³/mol. The monoisotopic (exact) mass is 289 g/mol. The number of aromatic nitrogens is 2. The van der Waals surface area contributed by atoms with Crippen LogP contribution in [0.25, 0.3) is 0 Å². The van der Waals surface area contributed by atoms with Crippen LogP contribution in [-0.2, 0) is 6.42 Å². The second-order valence-corrected chi connectivity index (χ2v) is 4.63. The second kappa shape index (κ2) is 6.90. The van der Waals surface area contributed by atoms with E-state index in [-0.39, 0.29) is 12.5 Å². The third-order valence-electron chi connectivity index (χ3n) is 3.20. The molecule has 2 aromatic rings. The second-order valence-electron chi connectivity index (χ2n) is 4.63. The summed E-state index contributed by atoms with van der Waals surface area (Å²) in [6.45, 7) is 2.10. The van der Waals surface area contributed by atoms with Crippen molar-refractivity contribution in [2.24, 2.45) is 0 Å². The van der Waals surface area contributed by atoms with Crippen molar-refractivity contribution in [2.75, 3.05) is 13.7 Å². The van der Waals surface area contributed by atoms with Crippen LogP contribution in [0.4, 0.5) is 0 Å². The fourth-order valence-corrected chi connectivity index (χ4v) is 1.88. The molecule has 3 N–H and O–H groups in total. The largest absolute Gasteiger partial charge is 0.497 e. The molecule has 112 valence electrons. The number of benzene rings is 1. The number of carbonyl (C=O) groups excluding carboxylic acids is 1. The molecule has 0 fully saturated rings. The highest BCUT2D eigenvalue weighted by molar-refractivity contribution is 5.92. The average Bonchev–Trinajstić information content (AvgIpc) is 3.01. The summed E-state index contributed by atoms with van der Waals surface area (Å²) in [7, 11) is 1.58. The van der Waals surface area contributed by atoms with Crippen molar-refractivity contribution in [2.45, 2.75) is 19.4 Å². The first-order valence-corrected chi connectivity index (χ1v) is 6.78. The van der Waals surface area contributed by atoms with Gasteiger partial charge in [0.2, 0.25) is 0 Å². The molecular formula is C15H19N3O3. The van der Waals surface area contributed by atoms with Crippen LogP contribution in [0.15, 0.2) is 30.3 Å². The number of nitrogens with one attached hydrogen (secondary N) is 2. The van der Waals surface area contributed by atoms with Gasteiger partial charge in [0.05, 0.1) is 13.2 Å². The average molecular weight is 289 g/mol. The van der Waals surface area contributed by atoms with E-state index in [2.05, 4.69) is 15.5 Å². The molecule has 21 heavy (non-hydrogen) atoms. The zero-order chi connectivity index (χ0) is 15.2. The molecule has 0 aliphatic heterocycles. The first-order valence-electron chi connectivity index (χ1n) is 6.78. The summed E-state index contributed by atoms with van der Waals surface area (Å²) in [5.41, 5.74) is 1.94. The summed E-state index contributed by atoms with van der Waals surface area (Å²) in [6.07, 6.45) is 0.0128.